The summed E-state index contributed by atoms with van der Waals surface area (Å²) in [5.74, 6) is 0.690. The van der Waals surface area contributed by atoms with E-state index in [4.69, 9.17) is 20.2 Å². The number of aromatic nitrogens is 4. The van der Waals surface area contributed by atoms with Crippen LogP contribution in [-0.2, 0) is 11.2 Å². The Morgan fingerprint density at radius 2 is 1.86 bits per heavy atom. The van der Waals surface area contributed by atoms with Gasteiger partial charge in [0, 0.05) is 24.0 Å². The van der Waals surface area contributed by atoms with Gasteiger partial charge in [0.05, 0.1) is 42.0 Å². The van der Waals surface area contributed by atoms with Crippen LogP contribution in [0.1, 0.15) is 48.6 Å². The quantitative estimate of drug-likeness (QED) is 0.227. The number of carbonyl (C=O) groups excluding carboxylic acids is 1. The van der Waals surface area contributed by atoms with Crippen molar-refractivity contribution in [2.75, 3.05) is 24.8 Å². The highest BCUT2D eigenvalue weighted by atomic mass is 16.5. The number of esters is 1. The third-order valence-electron chi connectivity index (χ3n) is 7.00. The van der Waals surface area contributed by atoms with Gasteiger partial charge in [-0.15, -0.1) is 0 Å². The number of hydrogen-bond donors (Lipinski definition) is 2. The number of anilines is 2. The van der Waals surface area contributed by atoms with Gasteiger partial charge in [0.1, 0.15) is 17.2 Å². The number of methoxy groups -OCH3 is 1. The van der Waals surface area contributed by atoms with Gasteiger partial charge in [0.15, 0.2) is 0 Å². The summed E-state index contributed by atoms with van der Waals surface area (Å²) in [5, 5.41) is 3.88. The lowest BCUT2D eigenvalue weighted by Gasteiger charge is -2.24. The molecule has 10 heteroatoms. The number of nitrogens with zero attached hydrogens (tertiary/aromatic N) is 4. The van der Waals surface area contributed by atoms with Crippen LogP contribution in [0.3, 0.4) is 0 Å². The average molecular weight is 565 g/mol. The second-order valence-corrected chi connectivity index (χ2v) is 9.58. The van der Waals surface area contributed by atoms with Gasteiger partial charge in [-0.2, -0.15) is 0 Å². The summed E-state index contributed by atoms with van der Waals surface area (Å²) in [6, 6.07) is 18.0. The van der Waals surface area contributed by atoms with Crippen LogP contribution >= 0.6 is 0 Å². The van der Waals surface area contributed by atoms with E-state index in [1.807, 2.05) is 68.4 Å². The number of ether oxygens (including phenoxy) is 2. The molecule has 0 aliphatic carbocycles. The van der Waals surface area contributed by atoms with Crippen molar-refractivity contribution in [2.45, 2.75) is 33.2 Å². The molecule has 214 valence electrons. The molecule has 10 nitrogen and oxygen atoms in total. The third-order valence-corrected chi connectivity index (χ3v) is 7.00. The van der Waals surface area contributed by atoms with Gasteiger partial charge in [0.2, 0.25) is 5.88 Å². The van der Waals surface area contributed by atoms with Crippen molar-refractivity contribution in [2.24, 2.45) is 0 Å². The molecule has 0 fully saturated rings. The number of nitrogens with one attached hydrogen (secondary N) is 1. The Hall–Kier alpha value is -5.25. The van der Waals surface area contributed by atoms with Gasteiger partial charge in [-0.1, -0.05) is 37.3 Å². The standard InChI is InChI=1S/C32H32N6O4/c1-5-22-28(24(18-35-29(22)33)32(40)42-6-2)36-19(3)30-37-25-14-10-13-23(20-15-16-34-26(17-20)41-4)27(25)31(39)38(30)21-11-8-7-9-12-21/h7-19H,5-6H2,1-4H3,(H3,33,35,36). The van der Waals surface area contributed by atoms with Crippen LogP contribution in [0.15, 0.2) is 77.9 Å². The number of pyridine rings is 2. The van der Waals surface area contributed by atoms with Crippen LogP contribution in [0.2, 0.25) is 0 Å². The Bertz CT molecular complexity index is 1820. The van der Waals surface area contributed by atoms with E-state index in [0.29, 0.717) is 57.3 Å². The molecule has 0 aliphatic heterocycles. The lowest BCUT2D eigenvalue weighted by Crippen LogP contribution is -2.28. The summed E-state index contributed by atoms with van der Waals surface area (Å²) in [5.41, 5.74) is 10.1. The SMILES string of the molecule is CCOC(=O)c1cnc(N)c(CC)c1NC(C)c1nc2cccc(-c3ccnc(OC)c3)c2c(=O)n1-c1ccccc1. The van der Waals surface area contributed by atoms with Gasteiger partial charge in [0.25, 0.3) is 5.56 Å². The highest BCUT2D eigenvalue weighted by molar-refractivity contribution is 5.97. The maximum atomic E-state index is 14.4. The molecule has 42 heavy (non-hydrogen) atoms. The molecule has 0 amide bonds. The number of nitrogen functional groups attached to an aromatic ring is 1. The Morgan fingerprint density at radius 1 is 1.07 bits per heavy atom. The van der Waals surface area contributed by atoms with Crippen molar-refractivity contribution >= 4 is 28.4 Å². The number of para-hydroxylation sites is 1. The summed E-state index contributed by atoms with van der Waals surface area (Å²) in [7, 11) is 1.55. The van der Waals surface area contributed by atoms with E-state index in [-0.39, 0.29) is 17.7 Å². The molecule has 5 rings (SSSR count). The van der Waals surface area contributed by atoms with Crippen LogP contribution in [0.25, 0.3) is 27.7 Å². The van der Waals surface area contributed by atoms with Crippen molar-refractivity contribution < 1.29 is 14.3 Å². The maximum absolute atomic E-state index is 14.4. The fourth-order valence-corrected chi connectivity index (χ4v) is 5.03. The molecule has 0 bridgehead atoms. The molecule has 3 N–H and O–H groups in total. The zero-order valence-corrected chi connectivity index (χ0v) is 23.9. The average Bonchev–Trinajstić information content (AvgIpc) is 3.01. The zero-order valence-electron chi connectivity index (χ0n) is 23.9. The predicted molar refractivity (Wildman–Crippen MR) is 163 cm³/mol. The minimum absolute atomic E-state index is 0.213. The second kappa shape index (κ2) is 12.1. The van der Waals surface area contributed by atoms with Gasteiger partial charge < -0.3 is 20.5 Å². The molecule has 3 aromatic heterocycles. The summed E-state index contributed by atoms with van der Waals surface area (Å²) >= 11 is 0. The second-order valence-electron chi connectivity index (χ2n) is 9.58. The van der Waals surface area contributed by atoms with Crippen LogP contribution < -0.4 is 21.3 Å². The first-order valence-electron chi connectivity index (χ1n) is 13.7. The molecule has 0 aliphatic rings. The van der Waals surface area contributed by atoms with E-state index in [2.05, 4.69) is 15.3 Å². The summed E-state index contributed by atoms with van der Waals surface area (Å²) in [4.78, 5) is 40.7. The minimum Gasteiger partial charge on any atom is -0.481 e. The highest BCUT2D eigenvalue weighted by Gasteiger charge is 2.24. The molecule has 1 unspecified atom stereocenters. The molecule has 2 aromatic carbocycles. The van der Waals surface area contributed by atoms with Crippen molar-refractivity contribution in [3.05, 3.63) is 100 Å². The third kappa shape index (κ3) is 5.26. The highest BCUT2D eigenvalue weighted by Crippen LogP contribution is 2.32. The van der Waals surface area contributed by atoms with Gasteiger partial charge >= 0.3 is 5.97 Å². The number of fused-ring (bicyclic) bond motifs is 1. The smallest absolute Gasteiger partial charge is 0.341 e. The lowest BCUT2D eigenvalue weighted by molar-refractivity contribution is 0.0527. The van der Waals surface area contributed by atoms with E-state index in [9.17, 15) is 9.59 Å². The first-order valence-corrected chi connectivity index (χ1v) is 13.7. The molecular formula is C32H32N6O4. The summed E-state index contributed by atoms with van der Waals surface area (Å²) in [6.45, 7) is 5.77. The van der Waals surface area contributed by atoms with Crippen LogP contribution in [0.5, 0.6) is 5.88 Å². The number of rotatable bonds is 9. The molecular weight excluding hydrogens is 532 g/mol. The van der Waals surface area contributed by atoms with Crippen LogP contribution in [0.4, 0.5) is 11.5 Å². The minimum atomic E-state index is -0.535. The molecule has 3 heterocycles. The van der Waals surface area contributed by atoms with Gasteiger partial charge in [-0.25, -0.2) is 19.7 Å². The molecule has 5 aromatic rings. The molecule has 0 saturated carbocycles. The number of hydrogen-bond acceptors (Lipinski definition) is 9. The molecule has 0 spiro atoms. The largest absolute Gasteiger partial charge is 0.481 e. The van der Waals surface area contributed by atoms with Gasteiger partial charge in [-0.05, 0) is 55.7 Å². The molecule has 0 saturated heterocycles. The predicted octanol–water partition coefficient (Wildman–Crippen LogP) is 5.35. The first kappa shape index (κ1) is 28.3. The molecule has 1 atom stereocenters. The van der Waals surface area contributed by atoms with Crippen molar-refractivity contribution in [1.29, 1.82) is 0 Å². The van der Waals surface area contributed by atoms with E-state index < -0.39 is 12.0 Å². The molecule has 0 radical (unpaired) electrons. The number of benzene rings is 2. The Balaban J connectivity index is 1.73. The maximum Gasteiger partial charge on any atom is 0.341 e. The Morgan fingerprint density at radius 3 is 2.57 bits per heavy atom. The topological polar surface area (TPSA) is 134 Å². The Labute approximate surface area is 243 Å². The Kier molecular flexibility index (Phi) is 8.14. The van der Waals surface area contributed by atoms with E-state index in [1.54, 1.807) is 30.9 Å². The van der Waals surface area contributed by atoms with E-state index >= 15 is 0 Å². The monoisotopic (exact) mass is 564 g/mol. The first-order chi connectivity index (χ1) is 20.4. The summed E-state index contributed by atoms with van der Waals surface area (Å²) in [6.07, 6.45) is 3.58. The van der Waals surface area contributed by atoms with Gasteiger partial charge in [-0.3, -0.25) is 9.36 Å². The lowest BCUT2D eigenvalue weighted by atomic mass is 10.0. The van der Waals surface area contributed by atoms with Crippen molar-refractivity contribution in [3.63, 3.8) is 0 Å². The summed E-state index contributed by atoms with van der Waals surface area (Å²) < 4.78 is 12.2. The van der Waals surface area contributed by atoms with Crippen molar-refractivity contribution in [3.8, 4) is 22.7 Å². The zero-order chi connectivity index (χ0) is 29.8. The number of carbonyl (C=O) groups is 1. The van der Waals surface area contributed by atoms with E-state index in [0.717, 1.165) is 5.56 Å². The normalized spacial score (nSPS) is 11.7. The van der Waals surface area contributed by atoms with Crippen LogP contribution in [0, 0.1) is 0 Å². The van der Waals surface area contributed by atoms with E-state index in [1.165, 1.54) is 6.20 Å². The fourth-order valence-electron chi connectivity index (χ4n) is 5.03. The fraction of sp³-hybridized carbons (Fsp3) is 0.219. The number of nitrogens with two attached hydrogens (primary N) is 1. The van der Waals surface area contributed by atoms with Crippen LogP contribution in [-0.4, -0.2) is 39.2 Å². The van der Waals surface area contributed by atoms with Crippen molar-refractivity contribution in [1.82, 2.24) is 19.5 Å².